The summed E-state index contributed by atoms with van der Waals surface area (Å²) in [4.78, 5) is 0. The van der Waals surface area contributed by atoms with Crippen molar-refractivity contribution in [2.24, 2.45) is 0 Å². The largest absolute Gasteiger partial charge is 0.312 e. The molecule has 80 valence electrons. The van der Waals surface area contributed by atoms with Gasteiger partial charge in [-0.05, 0) is 19.8 Å². The van der Waals surface area contributed by atoms with Gasteiger partial charge in [0.1, 0.15) is 0 Å². The smallest absolute Gasteiger partial charge is 0.154 e. The van der Waals surface area contributed by atoms with Crippen LogP contribution in [0.25, 0.3) is 0 Å². The predicted molar refractivity (Wildman–Crippen MR) is 54.5 cm³/mol. The van der Waals surface area contributed by atoms with E-state index in [1.165, 1.54) is 0 Å². The van der Waals surface area contributed by atoms with Crippen LogP contribution in [0.4, 0.5) is 0 Å². The van der Waals surface area contributed by atoms with Crippen molar-refractivity contribution in [1.82, 2.24) is 5.32 Å². The minimum absolute atomic E-state index is 0.0794. The summed E-state index contributed by atoms with van der Waals surface area (Å²) in [6.45, 7) is 2.38. The molecule has 0 aromatic heterocycles. The molecule has 5 heteroatoms. The highest BCUT2D eigenvalue weighted by molar-refractivity contribution is 7.92. The van der Waals surface area contributed by atoms with Crippen LogP contribution in [0.2, 0.25) is 0 Å². The first kappa shape index (κ1) is 11.5. The third kappa shape index (κ3) is 2.96. The van der Waals surface area contributed by atoms with Gasteiger partial charge >= 0.3 is 0 Å². The maximum atomic E-state index is 11.4. The highest BCUT2D eigenvalue weighted by Crippen LogP contribution is 2.19. The van der Waals surface area contributed by atoms with Crippen molar-refractivity contribution >= 4 is 9.84 Å². The second kappa shape index (κ2) is 4.76. The second-order valence-electron chi connectivity index (χ2n) is 3.80. The van der Waals surface area contributed by atoms with Gasteiger partial charge in [-0.2, -0.15) is 5.26 Å². The molecule has 2 atom stereocenters. The summed E-state index contributed by atoms with van der Waals surface area (Å²) in [7, 11) is -2.84. The standard InChI is InChI=1S/C9H16N2O2S/c1-8(4-5-10)11-7-9-3-2-6-14(9,12)13/h8-9,11H,2-4,6-7H2,1H3. The third-order valence-electron chi connectivity index (χ3n) is 2.55. The minimum Gasteiger partial charge on any atom is -0.312 e. The topological polar surface area (TPSA) is 70.0 Å². The predicted octanol–water partition coefficient (Wildman–Crippen LogP) is 0.455. The molecule has 1 aliphatic rings. The molecule has 0 bridgehead atoms. The number of hydrogen-bond acceptors (Lipinski definition) is 4. The summed E-state index contributed by atoms with van der Waals surface area (Å²) in [5, 5.41) is 11.3. The van der Waals surface area contributed by atoms with E-state index >= 15 is 0 Å². The number of rotatable bonds is 4. The molecule has 0 radical (unpaired) electrons. The normalized spacial score (nSPS) is 27.0. The van der Waals surface area contributed by atoms with E-state index in [-0.39, 0.29) is 11.3 Å². The van der Waals surface area contributed by atoms with E-state index < -0.39 is 9.84 Å². The van der Waals surface area contributed by atoms with Gasteiger partial charge in [0.15, 0.2) is 9.84 Å². The zero-order chi connectivity index (χ0) is 10.6. The Kier molecular flexibility index (Phi) is 3.90. The van der Waals surface area contributed by atoms with Crippen LogP contribution in [-0.2, 0) is 9.84 Å². The summed E-state index contributed by atoms with van der Waals surface area (Å²) >= 11 is 0. The molecule has 2 unspecified atom stereocenters. The molecule has 4 nitrogen and oxygen atoms in total. The van der Waals surface area contributed by atoms with E-state index in [2.05, 4.69) is 11.4 Å². The van der Waals surface area contributed by atoms with E-state index in [0.717, 1.165) is 12.8 Å². The molecule has 1 N–H and O–H groups in total. The van der Waals surface area contributed by atoms with Crippen molar-refractivity contribution < 1.29 is 8.42 Å². The fourth-order valence-corrected chi connectivity index (χ4v) is 3.41. The molecule has 1 saturated heterocycles. The Labute approximate surface area is 85.2 Å². The maximum absolute atomic E-state index is 11.4. The Bertz CT molecular complexity index is 318. The molecule has 0 spiro atoms. The fourth-order valence-electron chi connectivity index (χ4n) is 1.63. The van der Waals surface area contributed by atoms with Gasteiger partial charge in [-0.15, -0.1) is 0 Å². The van der Waals surface area contributed by atoms with E-state index in [1.807, 2.05) is 6.92 Å². The van der Waals surface area contributed by atoms with Crippen LogP contribution in [-0.4, -0.2) is 32.0 Å². The van der Waals surface area contributed by atoms with Gasteiger partial charge in [0.05, 0.1) is 23.5 Å². The third-order valence-corrected chi connectivity index (χ3v) is 4.83. The van der Waals surface area contributed by atoms with Crippen LogP contribution in [0.5, 0.6) is 0 Å². The van der Waals surface area contributed by atoms with Crippen LogP contribution in [0.15, 0.2) is 0 Å². The maximum Gasteiger partial charge on any atom is 0.154 e. The number of nitrogens with one attached hydrogen (secondary N) is 1. The van der Waals surface area contributed by atoms with Crippen LogP contribution in [0.3, 0.4) is 0 Å². The van der Waals surface area contributed by atoms with Crippen molar-refractivity contribution in [1.29, 1.82) is 5.26 Å². The summed E-state index contributed by atoms with van der Waals surface area (Å²) in [5.41, 5.74) is 0. The number of sulfone groups is 1. The Morgan fingerprint density at radius 1 is 1.64 bits per heavy atom. The summed E-state index contributed by atoms with van der Waals surface area (Å²) < 4.78 is 22.9. The van der Waals surface area contributed by atoms with Gasteiger partial charge < -0.3 is 5.32 Å². The zero-order valence-electron chi connectivity index (χ0n) is 8.36. The Morgan fingerprint density at radius 3 is 2.86 bits per heavy atom. The molecule has 1 rings (SSSR count). The molecule has 0 aromatic rings. The molecule has 1 heterocycles. The van der Waals surface area contributed by atoms with E-state index in [9.17, 15) is 8.42 Å². The van der Waals surface area contributed by atoms with Crippen molar-refractivity contribution in [2.45, 2.75) is 37.5 Å². The first-order valence-corrected chi connectivity index (χ1v) is 6.59. The molecule has 1 aliphatic heterocycles. The van der Waals surface area contributed by atoms with Crippen molar-refractivity contribution in [3.8, 4) is 6.07 Å². The average Bonchev–Trinajstić information content (AvgIpc) is 2.42. The van der Waals surface area contributed by atoms with Gasteiger partial charge in [0.2, 0.25) is 0 Å². The first-order valence-electron chi connectivity index (χ1n) is 4.88. The number of nitrogens with zero attached hydrogens (tertiary/aromatic N) is 1. The van der Waals surface area contributed by atoms with Gasteiger partial charge in [-0.25, -0.2) is 8.42 Å². The molecule has 0 aromatic carbocycles. The lowest BCUT2D eigenvalue weighted by Crippen LogP contribution is -2.35. The van der Waals surface area contributed by atoms with Crippen LogP contribution < -0.4 is 5.32 Å². The molecule has 14 heavy (non-hydrogen) atoms. The van der Waals surface area contributed by atoms with Gasteiger partial charge in [-0.3, -0.25) is 0 Å². The highest BCUT2D eigenvalue weighted by atomic mass is 32.2. The molecule has 0 saturated carbocycles. The van der Waals surface area contributed by atoms with E-state index in [4.69, 9.17) is 5.26 Å². The summed E-state index contributed by atoms with van der Waals surface area (Å²) in [6, 6.07) is 2.13. The van der Waals surface area contributed by atoms with Crippen molar-refractivity contribution in [3.05, 3.63) is 0 Å². The van der Waals surface area contributed by atoms with Crippen LogP contribution in [0, 0.1) is 11.3 Å². The Morgan fingerprint density at radius 2 is 2.36 bits per heavy atom. The number of hydrogen-bond donors (Lipinski definition) is 1. The van der Waals surface area contributed by atoms with Crippen molar-refractivity contribution in [2.75, 3.05) is 12.3 Å². The highest BCUT2D eigenvalue weighted by Gasteiger charge is 2.30. The minimum atomic E-state index is -2.84. The second-order valence-corrected chi connectivity index (χ2v) is 6.20. The number of nitriles is 1. The van der Waals surface area contributed by atoms with E-state index in [0.29, 0.717) is 18.7 Å². The van der Waals surface area contributed by atoms with Gasteiger partial charge in [0.25, 0.3) is 0 Å². The molecule has 1 fully saturated rings. The Hall–Kier alpha value is -0.600. The van der Waals surface area contributed by atoms with Crippen molar-refractivity contribution in [3.63, 3.8) is 0 Å². The molecular weight excluding hydrogens is 200 g/mol. The fraction of sp³-hybridized carbons (Fsp3) is 0.889. The lowest BCUT2D eigenvalue weighted by atomic mass is 10.2. The molecule has 0 amide bonds. The summed E-state index contributed by atoms with van der Waals surface area (Å²) in [5.74, 6) is 0.325. The lowest BCUT2D eigenvalue weighted by molar-refractivity contribution is 0.529. The molecule has 0 aliphatic carbocycles. The SMILES string of the molecule is CC(CC#N)NCC1CCCS1(=O)=O. The molecular formula is C9H16N2O2S. The quantitative estimate of drug-likeness (QED) is 0.741. The summed E-state index contributed by atoms with van der Waals surface area (Å²) in [6.07, 6.45) is 1.96. The Balaban J connectivity index is 2.36. The first-order chi connectivity index (χ1) is 6.56. The van der Waals surface area contributed by atoms with Crippen LogP contribution >= 0.6 is 0 Å². The van der Waals surface area contributed by atoms with Crippen LogP contribution in [0.1, 0.15) is 26.2 Å². The van der Waals surface area contributed by atoms with E-state index in [1.54, 1.807) is 0 Å². The van der Waals surface area contributed by atoms with Gasteiger partial charge in [-0.1, -0.05) is 0 Å². The average molecular weight is 216 g/mol. The van der Waals surface area contributed by atoms with Gasteiger partial charge in [0, 0.05) is 12.6 Å². The lowest BCUT2D eigenvalue weighted by Gasteiger charge is -2.14. The zero-order valence-corrected chi connectivity index (χ0v) is 9.18. The monoisotopic (exact) mass is 216 g/mol.